The average molecular weight is 290 g/mol. The molecule has 21 heavy (non-hydrogen) atoms. The predicted octanol–water partition coefficient (Wildman–Crippen LogP) is 2.36. The maximum Gasteiger partial charge on any atom is 0.224 e. The number of phenols is 1. The zero-order chi connectivity index (χ0) is 15.1. The summed E-state index contributed by atoms with van der Waals surface area (Å²) in [7, 11) is 0. The standard InChI is InChI=1S/C17H26N2O2/c1-2-10-18-14-6-8-15(9-7-14)19-17(21)12-13-4-3-5-16(20)11-13/h3-5,11,14-15,18,20H,2,6-10,12H2,1H3,(H,19,21). The van der Waals surface area contributed by atoms with Crippen molar-refractivity contribution in [3.05, 3.63) is 29.8 Å². The smallest absolute Gasteiger partial charge is 0.224 e. The van der Waals surface area contributed by atoms with Crippen molar-refractivity contribution in [1.82, 2.24) is 10.6 Å². The summed E-state index contributed by atoms with van der Waals surface area (Å²) in [6.07, 6.45) is 5.87. The van der Waals surface area contributed by atoms with E-state index in [1.54, 1.807) is 18.2 Å². The first-order valence-corrected chi connectivity index (χ1v) is 7.98. The van der Waals surface area contributed by atoms with Crippen LogP contribution in [-0.2, 0) is 11.2 Å². The van der Waals surface area contributed by atoms with Gasteiger partial charge in [-0.3, -0.25) is 4.79 Å². The summed E-state index contributed by atoms with van der Waals surface area (Å²) in [4.78, 5) is 12.0. The first-order chi connectivity index (χ1) is 10.2. The fourth-order valence-corrected chi connectivity index (χ4v) is 2.92. The lowest BCUT2D eigenvalue weighted by atomic mass is 9.91. The Hall–Kier alpha value is -1.55. The molecule has 1 aliphatic carbocycles. The third-order valence-electron chi connectivity index (χ3n) is 4.05. The second kappa shape index (κ2) is 8.03. The van der Waals surface area contributed by atoms with Crippen LogP contribution in [0.1, 0.15) is 44.6 Å². The van der Waals surface area contributed by atoms with Crippen molar-refractivity contribution in [2.24, 2.45) is 0 Å². The monoisotopic (exact) mass is 290 g/mol. The van der Waals surface area contributed by atoms with Gasteiger partial charge in [0.15, 0.2) is 0 Å². The number of rotatable bonds is 6. The van der Waals surface area contributed by atoms with Crippen LogP contribution in [0, 0.1) is 0 Å². The normalized spacial score (nSPS) is 22.0. The molecular weight excluding hydrogens is 264 g/mol. The molecule has 1 saturated carbocycles. The molecule has 0 bridgehead atoms. The van der Waals surface area contributed by atoms with Crippen molar-refractivity contribution in [3.63, 3.8) is 0 Å². The minimum absolute atomic E-state index is 0.0468. The molecule has 1 fully saturated rings. The molecule has 0 spiro atoms. The number of hydrogen-bond donors (Lipinski definition) is 3. The highest BCUT2D eigenvalue weighted by Gasteiger charge is 2.21. The van der Waals surface area contributed by atoms with Crippen LogP contribution < -0.4 is 10.6 Å². The minimum Gasteiger partial charge on any atom is -0.508 e. The number of nitrogens with one attached hydrogen (secondary N) is 2. The van der Waals surface area contributed by atoms with Gasteiger partial charge in [0.1, 0.15) is 5.75 Å². The Bertz CT molecular complexity index is 454. The lowest BCUT2D eigenvalue weighted by molar-refractivity contribution is -0.121. The lowest BCUT2D eigenvalue weighted by Crippen LogP contribution is -2.42. The van der Waals surface area contributed by atoms with Gasteiger partial charge in [0.05, 0.1) is 6.42 Å². The number of hydrogen-bond acceptors (Lipinski definition) is 3. The van der Waals surface area contributed by atoms with E-state index in [4.69, 9.17) is 0 Å². The first kappa shape index (κ1) is 15.8. The maximum absolute atomic E-state index is 12.0. The van der Waals surface area contributed by atoms with Crippen LogP contribution in [0.4, 0.5) is 0 Å². The van der Waals surface area contributed by atoms with Gasteiger partial charge in [-0.25, -0.2) is 0 Å². The van der Waals surface area contributed by atoms with Crippen LogP contribution in [0.25, 0.3) is 0 Å². The van der Waals surface area contributed by atoms with E-state index in [2.05, 4.69) is 17.6 Å². The molecule has 4 heteroatoms. The van der Waals surface area contributed by atoms with Gasteiger partial charge in [-0.2, -0.15) is 0 Å². The van der Waals surface area contributed by atoms with Gasteiger partial charge in [-0.1, -0.05) is 19.1 Å². The molecule has 1 aliphatic rings. The van der Waals surface area contributed by atoms with Gasteiger partial charge in [0.2, 0.25) is 5.91 Å². The van der Waals surface area contributed by atoms with E-state index in [-0.39, 0.29) is 11.7 Å². The van der Waals surface area contributed by atoms with E-state index < -0.39 is 0 Å². The molecule has 4 nitrogen and oxygen atoms in total. The Labute approximate surface area is 126 Å². The summed E-state index contributed by atoms with van der Waals surface area (Å²) in [6, 6.07) is 7.81. The molecule has 1 amide bonds. The zero-order valence-electron chi connectivity index (χ0n) is 12.8. The van der Waals surface area contributed by atoms with Gasteiger partial charge < -0.3 is 15.7 Å². The molecule has 0 heterocycles. The molecule has 0 saturated heterocycles. The molecule has 1 aromatic carbocycles. The van der Waals surface area contributed by atoms with Gasteiger partial charge in [-0.15, -0.1) is 0 Å². The van der Waals surface area contributed by atoms with Crippen LogP contribution in [-0.4, -0.2) is 29.6 Å². The van der Waals surface area contributed by atoms with Crippen LogP contribution in [0.3, 0.4) is 0 Å². The summed E-state index contributed by atoms with van der Waals surface area (Å²) < 4.78 is 0. The Morgan fingerprint density at radius 2 is 1.95 bits per heavy atom. The quantitative estimate of drug-likeness (QED) is 0.754. The van der Waals surface area contributed by atoms with E-state index in [1.165, 1.54) is 6.42 Å². The molecule has 1 aromatic rings. The van der Waals surface area contributed by atoms with Gasteiger partial charge in [-0.05, 0) is 56.3 Å². The van der Waals surface area contributed by atoms with Gasteiger partial charge >= 0.3 is 0 Å². The van der Waals surface area contributed by atoms with Crippen LogP contribution in [0.15, 0.2) is 24.3 Å². The van der Waals surface area contributed by atoms with E-state index in [0.717, 1.165) is 37.8 Å². The predicted molar refractivity (Wildman–Crippen MR) is 84.3 cm³/mol. The van der Waals surface area contributed by atoms with E-state index in [9.17, 15) is 9.90 Å². The molecule has 0 aromatic heterocycles. The highest BCUT2D eigenvalue weighted by atomic mass is 16.3. The summed E-state index contributed by atoms with van der Waals surface area (Å²) in [5.74, 6) is 0.258. The van der Waals surface area contributed by atoms with E-state index in [0.29, 0.717) is 18.5 Å². The largest absolute Gasteiger partial charge is 0.508 e. The molecule has 3 N–H and O–H groups in total. The second-order valence-electron chi connectivity index (χ2n) is 5.92. The highest BCUT2D eigenvalue weighted by Crippen LogP contribution is 2.19. The molecular formula is C17H26N2O2. The third kappa shape index (κ3) is 5.38. The molecule has 0 radical (unpaired) electrons. The Kier molecular flexibility index (Phi) is 6.05. The van der Waals surface area contributed by atoms with E-state index >= 15 is 0 Å². The van der Waals surface area contributed by atoms with Gasteiger partial charge in [0.25, 0.3) is 0 Å². The van der Waals surface area contributed by atoms with E-state index in [1.807, 2.05) is 6.07 Å². The van der Waals surface area contributed by atoms with Crippen molar-refractivity contribution in [1.29, 1.82) is 0 Å². The lowest BCUT2D eigenvalue weighted by Gasteiger charge is -2.29. The van der Waals surface area contributed by atoms with Crippen molar-refractivity contribution in [2.45, 2.75) is 57.5 Å². The fourth-order valence-electron chi connectivity index (χ4n) is 2.92. The molecule has 0 aliphatic heterocycles. The highest BCUT2D eigenvalue weighted by molar-refractivity contribution is 5.79. The van der Waals surface area contributed by atoms with Gasteiger partial charge in [0, 0.05) is 12.1 Å². The number of amides is 1. The number of carbonyl (C=O) groups excluding carboxylic acids is 1. The molecule has 2 rings (SSSR count). The number of carbonyl (C=O) groups is 1. The third-order valence-corrected chi connectivity index (χ3v) is 4.05. The van der Waals surface area contributed by atoms with Crippen LogP contribution in [0.5, 0.6) is 5.75 Å². The first-order valence-electron chi connectivity index (χ1n) is 7.98. The molecule has 0 atom stereocenters. The fraction of sp³-hybridized carbons (Fsp3) is 0.588. The molecule has 116 valence electrons. The zero-order valence-corrected chi connectivity index (χ0v) is 12.8. The summed E-state index contributed by atoms with van der Waals surface area (Å²) in [5.41, 5.74) is 0.853. The maximum atomic E-state index is 12.0. The van der Waals surface area contributed by atoms with Crippen LogP contribution in [0.2, 0.25) is 0 Å². The summed E-state index contributed by atoms with van der Waals surface area (Å²) in [5, 5.41) is 16.1. The number of benzene rings is 1. The average Bonchev–Trinajstić information content (AvgIpc) is 2.46. The Morgan fingerprint density at radius 1 is 1.24 bits per heavy atom. The number of phenolic OH excluding ortho intramolecular Hbond substituents is 1. The minimum atomic E-state index is 0.0468. The summed E-state index contributed by atoms with van der Waals surface area (Å²) in [6.45, 7) is 3.26. The Balaban J connectivity index is 1.72. The van der Waals surface area contributed by atoms with Crippen molar-refractivity contribution >= 4 is 5.91 Å². The topological polar surface area (TPSA) is 61.4 Å². The molecule has 0 unspecified atom stereocenters. The summed E-state index contributed by atoms with van der Waals surface area (Å²) >= 11 is 0. The van der Waals surface area contributed by atoms with Crippen molar-refractivity contribution < 1.29 is 9.90 Å². The van der Waals surface area contributed by atoms with Crippen molar-refractivity contribution in [2.75, 3.05) is 6.54 Å². The van der Waals surface area contributed by atoms with Crippen molar-refractivity contribution in [3.8, 4) is 5.75 Å². The second-order valence-corrected chi connectivity index (χ2v) is 5.92. The SMILES string of the molecule is CCCNC1CCC(NC(=O)Cc2cccc(O)c2)CC1. The number of aromatic hydroxyl groups is 1. The Morgan fingerprint density at radius 3 is 2.62 bits per heavy atom. The van der Waals surface area contributed by atoms with Crippen LogP contribution >= 0.6 is 0 Å².